The van der Waals surface area contributed by atoms with Crippen LogP contribution in [0.2, 0.25) is 0 Å². The Morgan fingerprint density at radius 1 is 1.00 bits per heavy atom. The zero-order valence-corrected chi connectivity index (χ0v) is 30.8. The van der Waals surface area contributed by atoms with E-state index in [4.69, 9.17) is 10.1 Å². The highest BCUT2D eigenvalue weighted by Gasteiger charge is 2.33. The summed E-state index contributed by atoms with van der Waals surface area (Å²) in [7, 11) is 0. The molecule has 3 saturated heterocycles. The highest BCUT2D eigenvalue weighted by Crippen LogP contribution is 2.27. The molecule has 3 aromatic rings. The number of amides is 4. The number of aromatic nitrogens is 1. The van der Waals surface area contributed by atoms with Crippen molar-refractivity contribution in [2.75, 3.05) is 57.3 Å². The van der Waals surface area contributed by atoms with Crippen LogP contribution in [0.15, 0.2) is 85.6 Å². The van der Waals surface area contributed by atoms with Crippen LogP contribution in [-0.2, 0) is 22.7 Å². The fraction of sp³-hybridized carbons (Fsp3) is 0.450. The number of carbonyl (C=O) groups is 3. The predicted molar refractivity (Wildman–Crippen MR) is 206 cm³/mol. The van der Waals surface area contributed by atoms with Crippen LogP contribution in [0.1, 0.15) is 49.3 Å². The molecule has 280 valence electrons. The monoisotopic (exact) mass is 712 g/mol. The number of rotatable bonds is 11. The number of anilines is 1. The Labute approximate surface area is 308 Å². The average Bonchev–Trinajstić information content (AvgIpc) is 3.72. The molecule has 12 nitrogen and oxygen atoms in total. The van der Waals surface area contributed by atoms with E-state index in [1.807, 2.05) is 67.6 Å². The lowest BCUT2D eigenvalue weighted by Crippen LogP contribution is -2.62. The molecular weight excluding hydrogens is 656 g/mol. The van der Waals surface area contributed by atoms with Gasteiger partial charge in [-0.05, 0) is 76.0 Å². The number of nitrogens with one attached hydrogen (secondary N) is 3. The van der Waals surface area contributed by atoms with Gasteiger partial charge in [0.2, 0.25) is 12.3 Å². The second-order valence-corrected chi connectivity index (χ2v) is 13.3. The number of urea groups is 1. The smallest absolute Gasteiger partial charge is 0.316 e. The Balaban J connectivity index is 0.000000362. The van der Waals surface area contributed by atoms with E-state index in [1.54, 1.807) is 23.2 Å². The normalized spacial score (nSPS) is 17.7. The van der Waals surface area contributed by atoms with Crippen LogP contribution < -0.4 is 20.9 Å². The third kappa shape index (κ3) is 12.7. The summed E-state index contributed by atoms with van der Waals surface area (Å²) >= 11 is 0. The summed E-state index contributed by atoms with van der Waals surface area (Å²) in [6.45, 7) is 14.8. The van der Waals surface area contributed by atoms with Crippen LogP contribution in [-0.4, -0.2) is 108 Å². The summed E-state index contributed by atoms with van der Waals surface area (Å²) in [6, 6.07) is 20.9. The van der Waals surface area contributed by atoms with E-state index in [2.05, 4.69) is 39.3 Å². The quantitative estimate of drug-likeness (QED) is 0.132. The fourth-order valence-electron chi connectivity index (χ4n) is 6.54. The molecule has 0 radical (unpaired) electrons. The SMILES string of the molecule is C=CCNCC.Cc1ccc(O)cc1.O=CN1CC(=O)N(Cc2cccnc2N2CCC(N3CCCC3)CC2)C[C@@H]1NC(=O)NCc1ccccc1. The largest absolute Gasteiger partial charge is 0.508 e. The summed E-state index contributed by atoms with van der Waals surface area (Å²) in [5.41, 5.74) is 3.12. The first kappa shape index (κ1) is 39.8. The third-order valence-corrected chi connectivity index (χ3v) is 9.42. The molecule has 3 aliphatic rings. The fourth-order valence-corrected chi connectivity index (χ4v) is 6.54. The zero-order valence-electron chi connectivity index (χ0n) is 30.8. The first-order valence-corrected chi connectivity index (χ1v) is 18.4. The van der Waals surface area contributed by atoms with Gasteiger partial charge in [0, 0.05) is 50.5 Å². The number of piperazine rings is 1. The number of likely N-dealkylation sites (tertiary alicyclic amines) is 1. The average molecular weight is 713 g/mol. The Morgan fingerprint density at radius 3 is 2.33 bits per heavy atom. The number of nitrogens with zero attached hydrogens (tertiary/aromatic N) is 5. The molecule has 12 heteroatoms. The van der Waals surface area contributed by atoms with Gasteiger partial charge in [-0.3, -0.25) is 9.59 Å². The van der Waals surface area contributed by atoms with Gasteiger partial charge in [0.05, 0.1) is 6.54 Å². The van der Waals surface area contributed by atoms with Crippen LogP contribution in [0.4, 0.5) is 10.6 Å². The molecule has 4 N–H and O–H groups in total. The molecule has 4 heterocycles. The van der Waals surface area contributed by atoms with Gasteiger partial charge in [-0.1, -0.05) is 67.1 Å². The van der Waals surface area contributed by atoms with Crippen LogP contribution in [0.3, 0.4) is 0 Å². The lowest BCUT2D eigenvalue weighted by molar-refractivity contribution is -0.144. The number of hydrogen-bond donors (Lipinski definition) is 4. The van der Waals surface area contributed by atoms with Crippen LogP contribution in [0.25, 0.3) is 0 Å². The maximum absolute atomic E-state index is 12.9. The van der Waals surface area contributed by atoms with E-state index in [-0.39, 0.29) is 25.0 Å². The molecule has 1 aromatic heterocycles. The number of benzene rings is 2. The molecule has 2 aromatic carbocycles. The van der Waals surface area contributed by atoms with Crippen LogP contribution >= 0.6 is 0 Å². The van der Waals surface area contributed by atoms with Crippen molar-refractivity contribution in [3.8, 4) is 5.75 Å². The highest BCUT2D eigenvalue weighted by atomic mass is 16.3. The molecule has 0 bridgehead atoms. The lowest BCUT2D eigenvalue weighted by atomic mass is 10.0. The van der Waals surface area contributed by atoms with E-state index in [0.29, 0.717) is 31.3 Å². The summed E-state index contributed by atoms with van der Waals surface area (Å²) in [5.74, 6) is 1.10. The predicted octanol–water partition coefficient (Wildman–Crippen LogP) is 4.25. The molecule has 0 saturated carbocycles. The van der Waals surface area contributed by atoms with Crippen molar-refractivity contribution in [3.63, 3.8) is 0 Å². The van der Waals surface area contributed by atoms with E-state index >= 15 is 0 Å². The van der Waals surface area contributed by atoms with Gasteiger partial charge in [-0.2, -0.15) is 0 Å². The Morgan fingerprint density at radius 2 is 1.71 bits per heavy atom. The van der Waals surface area contributed by atoms with Gasteiger partial charge < -0.3 is 40.7 Å². The van der Waals surface area contributed by atoms with Crippen molar-refractivity contribution >= 4 is 24.2 Å². The van der Waals surface area contributed by atoms with E-state index in [1.165, 1.54) is 36.4 Å². The number of hydrogen-bond acceptors (Lipinski definition) is 8. The molecule has 52 heavy (non-hydrogen) atoms. The molecular formula is C40H56N8O4. The number of phenols is 1. The van der Waals surface area contributed by atoms with Crippen molar-refractivity contribution in [2.24, 2.45) is 0 Å². The molecule has 0 unspecified atom stereocenters. The minimum atomic E-state index is -0.614. The van der Waals surface area contributed by atoms with Gasteiger partial charge in [0.1, 0.15) is 24.3 Å². The van der Waals surface area contributed by atoms with Crippen molar-refractivity contribution in [3.05, 3.63) is 102 Å². The first-order valence-electron chi connectivity index (χ1n) is 18.4. The maximum Gasteiger partial charge on any atom is 0.316 e. The number of likely N-dealkylation sites (N-methyl/N-ethyl adjacent to an activating group) is 1. The summed E-state index contributed by atoms with van der Waals surface area (Å²) in [6.07, 6.45) is 8.52. The summed E-state index contributed by atoms with van der Waals surface area (Å²) in [5, 5.41) is 17.5. The second-order valence-electron chi connectivity index (χ2n) is 13.3. The number of carbonyl (C=O) groups excluding carboxylic acids is 3. The van der Waals surface area contributed by atoms with Crippen molar-refractivity contribution in [1.82, 2.24) is 35.6 Å². The minimum Gasteiger partial charge on any atom is -0.508 e. The topological polar surface area (TPSA) is 133 Å². The van der Waals surface area contributed by atoms with E-state index in [0.717, 1.165) is 56.0 Å². The molecule has 0 spiro atoms. The summed E-state index contributed by atoms with van der Waals surface area (Å²) in [4.78, 5) is 49.9. The molecule has 1 atom stereocenters. The van der Waals surface area contributed by atoms with Gasteiger partial charge in [0.15, 0.2) is 0 Å². The number of piperidine rings is 1. The number of pyridine rings is 1. The van der Waals surface area contributed by atoms with E-state index < -0.39 is 6.17 Å². The van der Waals surface area contributed by atoms with Gasteiger partial charge in [-0.15, -0.1) is 6.58 Å². The number of aromatic hydroxyl groups is 1. The molecule has 3 aliphatic heterocycles. The highest BCUT2D eigenvalue weighted by molar-refractivity contribution is 5.82. The van der Waals surface area contributed by atoms with E-state index in [9.17, 15) is 14.4 Å². The van der Waals surface area contributed by atoms with Crippen molar-refractivity contribution < 1.29 is 19.5 Å². The minimum absolute atomic E-state index is 0.0794. The molecule has 3 fully saturated rings. The lowest BCUT2D eigenvalue weighted by Gasteiger charge is -2.40. The first-order chi connectivity index (χ1) is 25.3. The molecule has 6 rings (SSSR count). The Bertz CT molecular complexity index is 1510. The van der Waals surface area contributed by atoms with Gasteiger partial charge >= 0.3 is 6.03 Å². The maximum atomic E-state index is 12.9. The zero-order chi connectivity index (χ0) is 37.1. The number of aryl methyl sites for hydroxylation is 1. The standard InChI is InChI=1S/C28H37N7O3.C7H8O.C5H11N/c36-21-35-20-26(37)34(19-25(35)31-28(38)30-17-22-7-2-1-3-8-22)18-23-9-6-12-29-27(23)33-15-10-24(11-16-33)32-13-4-5-14-32;1-6-2-4-7(8)5-3-6;1-3-5-6-4-2/h1-3,6-9,12,21,24-25H,4-5,10-11,13-20H2,(H2,30,31,38);2-5,8H,1H3;3,6H,1,4-5H2,2H3/t25-;;/m1../s1. The van der Waals surface area contributed by atoms with Crippen LogP contribution in [0.5, 0.6) is 5.75 Å². The third-order valence-electron chi connectivity index (χ3n) is 9.42. The van der Waals surface area contributed by atoms with Crippen LogP contribution in [0, 0.1) is 6.92 Å². The summed E-state index contributed by atoms with van der Waals surface area (Å²) < 4.78 is 0. The Hall–Kier alpha value is -4.94. The Kier molecular flexibility index (Phi) is 16.4. The van der Waals surface area contributed by atoms with Gasteiger partial charge in [0.25, 0.3) is 0 Å². The second kappa shape index (κ2) is 21.4. The van der Waals surface area contributed by atoms with Crippen molar-refractivity contribution in [2.45, 2.75) is 64.8 Å². The molecule has 0 aliphatic carbocycles. The van der Waals surface area contributed by atoms with Gasteiger partial charge in [-0.25, -0.2) is 9.78 Å². The van der Waals surface area contributed by atoms with Crippen molar-refractivity contribution in [1.29, 1.82) is 0 Å². The molecule has 4 amide bonds. The number of phenolic OH excluding ortho intramolecular Hbond substituents is 1.